The monoisotopic (exact) mass is 481 g/mol. The van der Waals surface area contributed by atoms with Gasteiger partial charge in [-0.15, -0.1) is 10.2 Å². The van der Waals surface area contributed by atoms with Crippen molar-refractivity contribution >= 4 is 23.7 Å². The van der Waals surface area contributed by atoms with E-state index >= 15 is 0 Å². The maximum atomic E-state index is 13.4. The predicted octanol–water partition coefficient (Wildman–Crippen LogP) is 4.63. The van der Waals surface area contributed by atoms with Crippen LogP contribution >= 0.6 is 11.8 Å². The highest BCUT2D eigenvalue weighted by molar-refractivity contribution is 7.99. The second kappa shape index (κ2) is 11.3. The first-order valence-corrected chi connectivity index (χ1v) is 12.4. The molecule has 0 spiro atoms. The van der Waals surface area contributed by atoms with Crippen LogP contribution in [0.5, 0.6) is 0 Å². The average Bonchev–Trinajstić information content (AvgIpc) is 3.22. The van der Waals surface area contributed by atoms with Gasteiger partial charge in [-0.2, -0.15) is 0 Å². The van der Waals surface area contributed by atoms with E-state index in [1.807, 2.05) is 34.9 Å². The fraction of sp³-hybridized carbons (Fsp3) is 0.360. The van der Waals surface area contributed by atoms with Crippen LogP contribution in [0.2, 0.25) is 0 Å². The van der Waals surface area contributed by atoms with E-state index in [4.69, 9.17) is 0 Å². The number of halogens is 1. The Balaban J connectivity index is 1.43. The van der Waals surface area contributed by atoms with Gasteiger partial charge in [-0.3, -0.25) is 14.7 Å². The van der Waals surface area contributed by atoms with Gasteiger partial charge in [0.05, 0.1) is 12.3 Å². The Morgan fingerprint density at radius 2 is 1.79 bits per heavy atom. The number of carbonyl (C=O) groups is 2. The zero-order valence-electron chi connectivity index (χ0n) is 19.0. The highest BCUT2D eigenvalue weighted by atomic mass is 32.2. The zero-order valence-corrected chi connectivity index (χ0v) is 19.9. The second-order valence-electron chi connectivity index (χ2n) is 8.56. The van der Waals surface area contributed by atoms with Crippen LogP contribution < -0.4 is 10.6 Å². The number of rotatable bonds is 7. The highest BCUT2D eigenvalue weighted by Crippen LogP contribution is 2.26. The van der Waals surface area contributed by atoms with Gasteiger partial charge in [0.2, 0.25) is 5.91 Å². The number of amides is 3. The quantitative estimate of drug-likeness (QED) is 0.481. The molecule has 4 rings (SSSR count). The van der Waals surface area contributed by atoms with Crippen LogP contribution in [0.4, 0.5) is 9.18 Å². The number of urea groups is 1. The number of nitrogens with one attached hydrogen (secondary N) is 2. The van der Waals surface area contributed by atoms with Gasteiger partial charge in [0.1, 0.15) is 5.82 Å². The van der Waals surface area contributed by atoms with Crippen LogP contribution in [-0.4, -0.2) is 38.5 Å². The maximum Gasteiger partial charge on any atom is 0.321 e. The van der Waals surface area contributed by atoms with E-state index in [1.54, 1.807) is 12.1 Å². The molecular weight excluding hydrogens is 453 g/mol. The summed E-state index contributed by atoms with van der Waals surface area (Å²) >= 11 is 1.20. The summed E-state index contributed by atoms with van der Waals surface area (Å²) in [6.07, 6.45) is 4.29. The number of imide groups is 1. The van der Waals surface area contributed by atoms with E-state index in [0.29, 0.717) is 23.4 Å². The number of hydrogen-bond donors (Lipinski definition) is 2. The third-order valence-electron chi connectivity index (χ3n) is 6.02. The molecule has 2 aromatic carbocycles. The van der Waals surface area contributed by atoms with E-state index in [1.165, 1.54) is 30.3 Å². The van der Waals surface area contributed by atoms with E-state index in [9.17, 15) is 14.0 Å². The molecule has 1 aliphatic carbocycles. The first-order chi connectivity index (χ1) is 16.5. The van der Waals surface area contributed by atoms with Crippen molar-refractivity contribution in [3.05, 3.63) is 66.0 Å². The molecule has 1 fully saturated rings. The number of aromatic nitrogens is 3. The average molecular weight is 482 g/mol. The highest BCUT2D eigenvalue weighted by Gasteiger charge is 2.23. The lowest BCUT2D eigenvalue weighted by Gasteiger charge is -2.29. The lowest BCUT2D eigenvalue weighted by atomic mass is 9.86. The van der Waals surface area contributed by atoms with Gasteiger partial charge >= 0.3 is 6.03 Å². The zero-order chi connectivity index (χ0) is 23.9. The third-order valence-corrected chi connectivity index (χ3v) is 6.98. The SMILES string of the molecule is CC1CCCCC1NC(=O)NC(=O)CSc1nnc(-c2ccc(F)cc2)n1Cc1ccccc1. The molecule has 0 bridgehead atoms. The molecule has 0 aliphatic heterocycles. The minimum Gasteiger partial charge on any atom is -0.335 e. The molecule has 7 nitrogen and oxygen atoms in total. The number of nitrogens with zero attached hydrogens (tertiary/aromatic N) is 3. The number of benzene rings is 2. The molecular formula is C25H28FN5O2S. The van der Waals surface area contributed by atoms with Gasteiger partial charge < -0.3 is 5.32 Å². The Morgan fingerprint density at radius 1 is 1.06 bits per heavy atom. The summed E-state index contributed by atoms with van der Waals surface area (Å²) in [7, 11) is 0. The van der Waals surface area contributed by atoms with Gasteiger partial charge in [0.15, 0.2) is 11.0 Å². The Bertz CT molecular complexity index is 1120. The molecule has 178 valence electrons. The van der Waals surface area contributed by atoms with Crippen LogP contribution in [-0.2, 0) is 11.3 Å². The van der Waals surface area contributed by atoms with Crippen molar-refractivity contribution in [3.63, 3.8) is 0 Å². The fourth-order valence-electron chi connectivity index (χ4n) is 4.14. The molecule has 1 heterocycles. The second-order valence-corrected chi connectivity index (χ2v) is 9.51. The van der Waals surface area contributed by atoms with E-state index in [2.05, 4.69) is 27.8 Å². The van der Waals surface area contributed by atoms with E-state index in [-0.39, 0.29) is 17.6 Å². The first-order valence-electron chi connectivity index (χ1n) is 11.5. The summed E-state index contributed by atoms with van der Waals surface area (Å²) in [5.74, 6) is 0.277. The summed E-state index contributed by atoms with van der Waals surface area (Å²) in [4.78, 5) is 24.7. The predicted molar refractivity (Wildman–Crippen MR) is 130 cm³/mol. The van der Waals surface area contributed by atoms with Crippen molar-refractivity contribution in [1.82, 2.24) is 25.4 Å². The number of carbonyl (C=O) groups excluding carboxylic acids is 2. The first kappa shape index (κ1) is 23.9. The molecule has 0 radical (unpaired) electrons. The summed E-state index contributed by atoms with van der Waals surface area (Å²) in [6, 6.07) is 15.5. The molecule has 3 amide bonds. The molecule has 1 aromatic heterocycles. The third kappa shape index (κ3) is 6.22. The lowest BCUT2D eigenvalue weighted by Crippen LogP contribution is -2.48. The van der Waals surface area contributed by atoms with Gasteiger partial charge in [0.25, 0.3) is 0 Å². The summed E-state index contributed by atoms with van der Waals surface area (Å²) in [5, 5.41) is 14.5. The van der Waals surface area contributed by atoms with Crippen LogP contribution in [0.3, 0.4) is 0 Å². The molecule has 2 unspecified atom stereocenters. The number of thioether (sulfide) groups is 1. The van der Waals surface area contributed by atoms with E-state index in [0.717, 1.165) is 30.4 Å². The van der Waals surface area contributed by atoms with Crippen molar-refractivity contribution in [2.24, 2.45) is 5.92 Å². The Hall–Kier alpha value is -3.20. The van der Waals surface area contributed by atoms with Crippen molar-refractivity contribution in [2.45, 2.75) is 50.4 Å². The smallest absolute Gasteiger partial charge is 0.321 e. The molecule has 2 N–H and O–H groups in total. The molecule has 9 heteroatoms. The van der Waals surface area contributed by atoms with Crippen LogP contribution in [0.1, 0.15) is 38.2 Å². The van der Waals surface area contributed by atoms with Crippen molar-refractivity contribution < 1.29 is 14.0 Å². The molecule has 1 saturated carbocycles. The van der Waals surface area contributed by atoms with Crippen molar-refractivity contribution in [1.29, 1.82) is 0 Å². The maximum absolute atomic E-state index is 13.4. The van der Waals surface area contributed by atoms with E-state index < -0.39 is 11.9 Å². The summed E-state index contributed by atoms with van der Waals surface area (Å²) in [6.45, 7) is 2.62. The van der Waals surface area contributed by atoms with Crippen LogP contribution in [0.25, 0.3) is 11.4 Å². The standard InChI is InChI=1S/C25H28FN5O2S/c1-17-7-5-6-10-21(17)27-24(33)28-22(32)16-34-25-30-29-23(19-11-13-20(26)14-12-19)31(25)15-18-8-3-2-4-9-18/h2-4,8-9,11-14,17,21H,5-7,10,15-16H2,1H3,(H2,27,28,32,33). The fourth-order valence-corrected chi connectivity index (χ4v) is 4.88. The molecule has 34 heavy (non-hydrogen) atoms. The van der Waals surface area contributed by atoms with Gasteiger partial charge in [-0.05, 0) is 48.6 Å². The molecule has 3 aromatic rings. The minimum absolute atomic E-state index is 0.0178. The number of hydrogen-bond acceptors (Lipinski definition) is 5. The molecule has 1 aliphatic rings. The van der Waals surface area contributed by atoms with Gasteiger partial charge in [-0.25, -0.2) is 9.18 Å². The molecule has 2 atom stereocenters. The molecule has 0 saturated heterocycles. The lowest BCUT2D eigenvalue weighted by molar-refractivity contribution is -0.117. The van der Waals surface area contributed by atoms with Crippen LogP contribution in [0.15, 0.2) is 59.8 Å². The summed E-state index contributed by atoms with van der Waals surface area (Å²) < 4.78 is 15.3. The van der Waals surface area contributed by atoms with Gasteiger partial charge in [0, 0.05) is 11.6 Å². The van der Waals surface area contributed by atoms with Crippen molar-refractivity contribution in [3.8, 4) is 11.4 Å². The Morgan fingerprint density at radius 3 is 2.53 bits per heavy atom. The Kier molecular flexibility index (Phi) is 7.95. The normalized spacial score (nSPS) is 17.8. The summed E-state index contributed by atoms with van der Waals surface area (Å²) in [5.41, 5.74) is 1.76. The Labute approximate surface area is 202 Å². The minimum atomic E-state index is -0.456. The van der Waals surface area contributed by atoms with Gasteiger partial charge in [-0.1, -0.05) is 61.9 Å². The van der Waals surface area contributed by atoms with Crippen LogP contribution in [0, 0.1) is 11.7 Å². The largest absolute Gasteiger partial charge is 0.335 e. The van der Waals surface area contributed by atoms with Crippen molar-refractivity contribution in [2.75, 3.05) is 5.75 Å². The topological polar surface area (TPSA) is 88.9 Å².